The summed E-state index contributed by atoms with van der Waals surface area (Å²) in [5, 5.41) is 3.40. The summed E-state index contributed by atoms with van der Waals surface area (Å²) in [6, 6.07) is 8.37. The minimum absolute atomic E-state index is 0.810. The average molecular weight is 261 g/mol. The number of nitrogens with zero attached hydrogens (tertiary/aromatic N) is 2. The van der Waals surface area contributed by atoms with Gasteiger partial charge in [0.1, 0.15) is 12.4 Å². The highest BCUT2D eigenvalue weighted by Gasteiger charge is 2.17. The van der Waals surface area contributed by atoms with Crippen LogP contribution in [0.2, 0.25) is 0 Å². The summed E-state index contributed by atoms with van der Waals surface area (Å²) in [5.41, 5.74) is 1.26. The van der Waals surface area contributed by atoms with Crippen LogP contribution in [0.25, 0.3) is 0 Å². The number of benzene rings is 1. The second-order valence-corrected chi connectivity index (χ2v) is 5.25. The molecule has 0 amide bonds. The van der Waals surface area contributed by atoms with Crippen LogP contribution in [0.5, 0.6) is 5.75 Å². The van der Waals surface area contributed by atoms with Gasteiger partial charge in [0.15, 0.2) is 0 Å². The Morgan fingerprint density at radius 3 is 2.79 bits per heavy atom. The van der Waals surface area contributed by atoms with Crippen molar-refractivity contribution in [1.82, 2.24) is 10.2 Å². The molecular formula is C15H23N3O. The molecule has 0 aromatic heterocycles. The molecule has 1 fully saturated rings. The van der Waals surface area contributed by atoms with Crippen molar-refractivity contribution in [3.05, 3.63) is 24.3 Å². The van der Waals surface area contributed by atoms with Gasteiger partial charge in [-0.25, -0.2) is 0 Å². The highest BCUT2D eigenvalue weighted by Crippen LogP contribution is 2.30. The van der Waals surface area contributed by atoms with Gasteiger partial charge >= 0.3 is 0 Å². The fourth-order valence-corrected chi connectivity index (χ4v) is 2.88. The molecule has 0 bridgehead atoms. The summed E-state index contributed by atoms with van der Waals surface area (Å²) in [5.74, 6) is 1.04. The smallest absolute Gasteiger partial charge is 0.142 e. The number of ether oxygens (including phenoxy) is 1. The molecule has 1 N–H and O–H groups in total. The molecule has 1 saturated heterocycles. The Kier molecular flexibility index (Phi) is 4.20. The van der Waals surface area contributed by atoms with E-state index < -0.39 is 0 Å². The minimum Gasteiger partial charge on any atom is -0.490 e. The molecule has 4 nitrogen and oxygen atoms in total. The predicted molar refractivity (Wildman–Crippen MR) is 78.1 cm³/mol. The first-order valence-corrected chi connectivity index (χ1v) is 7.33. The Morgan fingerprint density at radius 1 is 1.05 bits per heavy atom. The standard InChI is InChI=1S/C15H23N3O/c1-2-5-15-14(4-1)18(12-13-19-15)9-3-8-17-10-6-16-7-11-17/h1-2,4-5,16H,3,6-13H2. The maximum absolute atomic E-state index is 5.69. The Bertz CT molecular complexity index is 404. The van der Waals surface area contributed by atoms with E-state index in [1.807, 2.05) is 6.07 Å². The molecule has 0 aliphatic carbocycles. The first-order valence-electron chi connectivity index (χ1n) is 7.33. The molecule has 1 aromatic rings. The van der Waals surface area contributed by atoms with Crippen LogP contribution >= 0.6 is 0 Å². The molecule has 0 radical (unpaired) electrons. The van der Waals surface area contributed by atoms with Gasteiger partial charge in [0.25, 0.3) is 0 Å². The number of hydrogen-bond acceptors (Lipinski definition) is 4. The second kappa shape index (κ2) is 6.26. The topological polar surface area (TPSA) is 27.7 Å². The molecule has 3 rings (SSSR count). The number of piperazine rings is 1. The number of nitrogens with one attached hydrogen (secondary N) is 1. The van der Waals surface area contributed by atoms with Gasteiger partial charge in [-0.3, -0.25) is 0 Å². The normalized spacial score (nSPS) is 19.9. The van der Waals surface area contributed by atoms with Crippen molar-refractivity contribution >= 4 is 5.69 Å². The summed E-state index contributed by atoms with van der Waals surface area (Å²) in [6.07, 6.45) is 1.23. The molecule has 0 atom stereocenters. The van der Waals surface area contributed by atoms with E-state index in [1.165, 1.54) is 31.7 Å². The Hall–Kier alpha value is -1.26. The average Bonchev–Trinajstić information content (AvgIpc) is 2.49. The molecule has 2 heterocycles. The lowest BCUT2D eigenvalue weighted by molar-refractivity contribution is 0.237. The highest BCUT2D eigenvalue weighted by molar-refractivity contribution is 5.59. The summed E-state index contributed by atoms with van der Waals surface area (Å²) in [6.45, 7) is 8.83. The molecule has 0 unspecified atom stereocenters. The second-order valence-electron chi connectivity index (χ2n) is 5.25. The quantitative estimate of drug-likeness (QED) is 0.881. The molecule has 0 saturated carbocycles. The van der Waals surface area contributed by atoms with E-state index in [2.05, 4.69) is 33.3 Å². The van der Waals surface area contributed by atoms with Crippen LogP contribution in [0.1, 0.15) is 6.42 Å². The maximum Gasteiger partial charge on any atom is 0.142 e. The first kappa shape index (κ1) is 12.8. The van der Waals surface area contributed by atoms with Gasteiger partial charge in [-0.15, -0.1) is 0 Å². The van der Waals surface area contributed by atoms with Crippen LogP contribution in [0.4, 0.5) is 5.69 Å². The van der Waals surface area contributed by atoms with Gasteiger partial charge in [0.05, 0.1) is 12.2 Å². The first-order chi connectivity index (χ1) is 9.43. The molecule has 1 aromatic carbocycles. The molecule has 104 valence electrons. The fourth-order valence-electron chi connectivity index (χ4n) is 2.88. The zero-order chi connectivity index (χ0) is 12.9. The third kappa shape index (κ3) is 3.19. The van der Waals surface area contributed by atoms with E-state index in [-0.39, 0.29) is 0 Å². The molecule has 19 heavy (non-hydrogen) atoms. The molecule has 2 aliphatic rings. The lowest BCUT2D eigenvalue weighted by Crippen LogP contribution is -2.44. The highest BCUT2D eigenvalue weighted by atomic mass is 16.5. The van der Waals surface area contributed by atoms with Crippen molar-refractivity contribution in [3.63, 3.8) is 0 Å². The summed E-state index contributed by atoms with van der Waals surface area (Å²) in [7, 11) is 0. The van der Waals surface area contributed by atoms with E-state index in [4.69, 9.17) is 4.74 Å². The Balaban J connectivity index is 1.50. The molecule has 2 aliphatic heterocycles. The van der Waals surface area contributed by atoms with E-state index in [9.17, 15) is 0 Å². The van der Waals surface area contributed by atoms with Crippen LogP contribution in [-0.4, -0.2) is 57.3 Å². The van der Waals surface area contributed by atoms with Crippen molar-refractivity contribution < 1.29 is 4.74 Å². The number of fused-ring (bicyclic) bond motifs is 1. The Labute approximate surface area is 115 Å². The zero-order valence-corrected chi connectivity index (χ0v) is 11.5. The summed E-state index contributed by atoms with van der Waals surface area (Å²) in [4.78, 5) is 5.02. The lowest BCUT2D eigenvalue weighted by Gasteiger charge is -2.32. The van der Waals surface area contributed by atoms with Gasteiger partial charge in [0, 0.05) is 32.7 Å². The number of para-hydroxylation sites is 2. The van der Waals surface area contributed by atoms with E-state index in [1.54, 1.807) is 0 Å². The van der Waals surface area contributed by atoms with Crippen LogP contribution < -0.4 is 15.0 Å². The van der Waals surface area contributed by atoms with Gasteiger partial charge in [-0.2, -0.15) is 0 Å². The van der Waals surface area contributed by atoms with Crippen LogP contribution in [0, 0.1) is 0 Å². The van der Waals surface area contributed by atoms with Crippen molar-refractivity contribution in [2.45, 2.75) is 6.42 Å². The van der Waals surface area contributed by atoms with E-state index >= 15 is 0 Å². The van der Waals surface area contributed by atoms with Crippen molar-refractivity contribution in [1.29, 1.82) is 0 Å². The molecule has 0 spiro atoms. The monoisotopic (exact) mass is 261 g/mol. The van der Waals surface area contributed by atoms with Crippen LogP contribution in [0.3, 0.4) is 0 Å². The van der Waals surface area contributed by atoms with Gasteiger partial charge in [0.2, 0.25) is 0 Å². The van der Waals surface area contributed by atoms with Crippen molar-refractivity contribution in [3.8, 4) is 5.75 Å². The van der Waals surface area contributed by atoms with Crippen LogP contribution in [0.15, 0.2) is 24.3 Å². The third-order valence-corrected chi connectivity index (χ3v) is 3.94. The van der Waals surface area contributed by atoms with E-state index in [0.717, 1.165) is 38.5 Å². The van der Waals surface area contributed by atoms with Crippen LogP contribution in [-0.2, 0) is 0 Å². The molecule has 4 heteroatoms. The number of rotatable bonds is 4. The van der Waals surface area contributed by atoms with Gasteiger partial charge < -0.3 is 19.9 Å². The van der Waals surface area contributed by atoms with Crippen molar-refractivity contribution in [2.75, 3.05) is 57.3 Å². The van der Waals surface area contributed by atoms with E-state index in [0.29, 0.717) is 0 Å². The largest absolute Gasteiger partial charge is 0.490 e. The summed E-state index contributed by atoms with van der Waals surface area (Å²) < 4.78 is 5.69. The fraction of sp³-hybridized carbons (Fsp3) is 0.600. The third-order valence-electron chi connectivity index (χ3n) is 3.94. The minimum atomic E-state index is 0.810. The SMILES string of the molecule is c1ccc2c(c1)OCCN2CCCN1CCNCC1. The lowest BCUT2D eigenvalue weighted by atomic mass is 10.2. The van der Waals surface area contributed by atoms with Gasteiger partial charge in [-0.1, -0.05) is 12.1 Å². The zero-order valence-electron chi connectivity index (χ0n) is 11.5. The number of hydrogen-bond donors (Lipinski definition) is 1. The maximum atomic E-state index is 5.69. The summed E-state index contributed by atoms with van der Waals surface area (Å²) >= 11 is 0. The predicted octanol–water partition coefficient (Wildman–Crippen LogP) is 1.18. The van der Waals surface area contributed by atoms with Gasteiger partial charge in [-0.05, 0) is 25.1 Å². The number of anilines is 1. The Morgan fingerprint density at radius 2 is 1.89 bits per heavy atom. The van der Waals surface area contributed by atoms with Crippen molar-refractivity contribution in [2.24, 2.45) is 0 Å². The molecular weight excluding hydrogens is 238 g/mol.